The smallest absolute Gasteiger partial charge is 0.341 e. The minimum absolute atomic E-state index is 0.0694. The Kier molecular flexibility index (Phi) is 4.30. The maximum Gasteiger partial charge on any atom is 0.341 e. The van der Waals surface area contributed by atoms with Crippen molar-refractivity contribution in [3.63, 3.8) is 0 Å². The van der Waals surface area contributed by atoms with Crippen molar-refractivity contribution in [2.45, 2.75) is 26.5 Å². The highest BCUT2D eigenvalue weighted by molar-refractivity contribution is 5.88. The molecule has 1 atom stereocenters. The Bertz CT molecular complexity index is 322. The molecule has 0 aliphatic rings. The fourth-order valence-corrected chi connectivity index (χ4v) is 1.12. The van der Waals surface area contributed by atoms with Gasteiger partial charge in [-0.25, -0.2) is 4.79 Å². The van der Waals surface area contributed by atoms with E-state index in [4.69, 9.17) is 9.47 Å². The van der Waals surface area contributed by atoms with Crippen LogP contribution in [0.25, 0.3) is 0 Å². The van der Waals surface area contributed by atoms with E-state index >= 15 is 0 Å². The van der Waals surface area contributed by atoms with Gasteiger partial charge in [0.2, 0.25) is 0 Å². The Morgan fingerprint density at radius 1 is 1.67 bits per heavy atom. The zero-order valence-electron chi connectivity index (χ0n) is 9.27. The van der Waals surface area contributed by atoms with Gasteiger partial charge in [-0.15, -0.1) is 0 Å². The number of esters is 1. The minimum atomic E-state index is -0.339. The summed E-state index contributed by atoms with van der Waals surface area (Å²) in [6.45, 7) is 4.70. The third-order valence-corrected chi connectivity index (χ3v) is 1.99. The first-order valence-corrected chi connectivity index (χ1v) is 4.89. The van der Waals surface area contributed by atoms with E-state index in [1.165, 1.54) is 6.20 Å². The lowest BCUT2D eigenvalue weighted by molar-refractivity contribution is 0.0525. The van der Waals surface area contributed by atoms with Crippen molar-refractivity contribution in [1.82, 2.24) is 9.78 Å². The number of aromatic nitrogens is 2. The summed E-state index contributed by atoms with van der Waals surface area (Å²) in [5, 5.41) is 4.04. The van der Waals surface area contributed by atoms with Gasteiger partial charge in [0, 0.05) is 13.3 Å². The van der Waals surface area contributed by atoms with Crippen molar-refractivity contribution in [3.8, 4) is 0 Å². The van der Waals surface area contributed by atoms with Gasteiger partial charge in [-0.2, -0.15) is 5.10 Å². The van der Waals surface area contributed by atoms with E-state index in [0.29, 0.717) is 18.7 Å². The van der Waals surface area contributed by atoms with Crippen molar-refractivity contribution < 1.29 is 14.3 Å². The first kappa shape index (κ1) is 11.7. The fourth-order valence-electron chi connectivity index (χ4n) is 1.12. The Morgan fingerprint density at radius 2 is 2.40 bits per heavy atom. The molecule has 15 heavy (non-hydrogen) atoms. The normalized spacial score (nSPS) is 12.5. The molecule has 1 rings (SSSR count). The van der Waals surface area contributed by atoms with Gasteiger partial charge in [0.05, 0.1) is 31.0 Å². The zero-order valence-corrected chi connectivity index (χ0v) is 9.27. The molecule has 0 saturated heterocycles. The van der Waals surface area contributed by atoms with Crippen LogP contribution in [0.2, 0.25) is 0 Å². The molecule has 0 aromatic carbocycles. The summed E-state index contributed by atoms with van der Waals surface area (Å²) in [6.07, 6.45) is 3.23. The second-order valence-corrected chi connectivity index (χ2v) is 3.22. The SMILES string of the molecule is CCOC(=O)c1cnn(CC(C)OC)c1. The van der Waals surface area contributed by atoms with Crippen LogP contribution in [0.4, 0.5) is 0 Å². The maximum atomic E-state index is 11.3. The van der Waals surface area contributed by atoms with Gasteiger partial charge in [0.1, 0.15) is 0 Å². The van der Waals surface area contributed by atoms with Crippen LogP contribution >= 0.6 is 0 Å². The highest BCUT2D eigenvalue weighted by Gasteiger charge is 2.10. The first-order chi connectivity index (χ1) is 7.17. The quantitative estimate of drug-likeness (QED) is 0.686. The molecule has 1 unspecified atom stereocenters. The van der Waals surface area contributed by atoms with Crippen LogP contribution in [0.5, 0.6) is 0 Å². The van der Waals surface area contributed by atoms with Crippen LogP contribution < -0.4 is 0 Å². The van der Waals surface area contributed by atoms with Gasteiger partial charge in [0.15, 0.2) is 0 Å². The summed E-state index contributed by atoms with van der Waals surface area (Å²) in [7, 11) is 1.64. The Labute approximate surface area is 89.0 Å². The van der Waals surface area contributed by atoms with Crippen LogP contribution in [0.15, 0.2) is 12.4 Å². The van der Waals surface area contributed by atoms with Gasteiger partial charge < -0.3 is 9.47 Å². The summed E-state index contributed by atoms with van der Waals surface area (Å²) >= 11 is 0. The molecule has 0 saturated carbocycles. The number of ether oxygens (including phenoxy) is 2. The topological polar surface area (TPSA) is 53.3 Å². The number of carbonyl (C=O) groups is 1. The maximum absolute atomic E-state index is 11.3. The van der Waals surface area contributed by atoms with Crippen molar-refractivity contribution in [2.24, 2.45) is 0 Å². The van der Waals surface area contributed by atoms with Gasteiger partial charge in [0.25, 0.3) is 0 Å². The second-order valence-electron chi connectivity index (χ2n) is 3.22. The Balaban J connectivity index is 2.59. The van der Waals surface area contributed by atoms with Crippen LogP contribution in [-0.4, -0.2) is 35.6 Å². The lowest BCUT2D eigenvalue weighted by Crippen LogP contribution is -2.14. The van der Waals surface area contributed by atoms with Gasteiger partial charge in [-0.1, -0.05) is 0 Å². The van der Waals surface area contributed by atoms with E-state index in [1.807, 2.05) is 6.92 Å². The molecule has 0 amide bonds. The van der Waals surface area contributed by atoms with Crippen LogP contribution in [0.1, 0.15) is 24.2 Å². The van der Waals surface area contributed by atoms with E-state index in [-0.39, 0.29) is 12.1 Å². The molecule has 5 heteroatoms. The second kappa shape index (κ2) is 5.50. The number of carbonyl (C=O) groups excluding carboxylic acids is 1. The van der Waals surface area contributed by atoms with Crippen molar-refractivity contribution in [2.75, 3.05) is 13.7 Å². The summed E-state index contributed by atoms with van der Waals surface area (Å²) in [4.78, 5) is 11.3. The number of methoxy groups -OCH3 is 1. The summed E-state index contributed by atoms with van der Waals surface area (Å²) in [5.74, 6) is -0.339. The molecule has 5 nitrogen and oxygen atoms in total. The molecule has 84 valence electrons. The molecule has 0 spiro atoms. The number of rotatable bonds is 5. The molecule has 0 radical (unpaired) electrons. The summed E-state index contributed by atoms with van der Waals surface area (Å²) in [5.41, 5.74) is 0.472. The molecule has 0 aliphatic carbocycles. The molecule has 0 fully saturated rings. The van der Waals surface area contributed by atoms with Crippen LogP contribution in [0, 0.1) is 0 Å². The average molecular weight is 212 g/mol. The molecule has 0 bridgehead atoms. The lowest BCUT2D eigenvalue weighted by atomic mass is 10.3. The molecule has 1 heterocycles. The number of hydrogen-bond donors (Lipinski definition) is 0. The van der Waals surface area contributed by atoms with Crippen molar-refractivity contribution in [3.05, 3.63) is 18.0 Å². The lowest BCUT2D eigenvalue weighted by Gasteiger charge is -2.08. The highest BCUT2D eigenvalue weighted by atomic mass is 16.5. The Morgan fingerprint density at radius 3 is 3.00 bits per heavy atom. The van der Waals surface area contributed by atoms with Crippen LogP contribution in [-0.2, 0) is 16.0 Å². The molecule has 1 aromatic rings. The predicted octanol–water partition coefficient (Wildman–Crippen LogP) is 1.09. The minimum Gasteiger partial charge on any atom is -0.462 e. The average Bonchev–Trinajstić information content (AvgIpc) is 2.66. The first-order valence-electron chi connectivity index (χ1n) is 4.89. The van der Waals surface area contributed by atoms with E-state index in [9.17, 15) is 4.79 Å². The zero-order chi connectivity index (χ0) is 11.3. The number of nitrogens with zero attached hydrogens (tertiary/aromatic N) is 2. The fraction of sp³-hybridized carbons (Fsp3) is 0.600. The standard InChI is InChI=1S/C10H16N2O3/c1-4-15-10(13)9-5-11-12(7-9)6-8(2)14-3/h5,7-8H,4,6H2,1-3H3. The number of hydrogen-bond acceptors (Lipinski definition) is 4. The predicted molar refractivity (Wildman–Crippen MR) is 54.7 cm³/mol. The van der Waals surface area contributed by atoms with Crippen LogP contribution in [0.3, 0.4) is 0 Å². The van der Waals surface area contributed by atoms with E-state index < -0.39 is 0 Å². The van der Waals surface area contributed by atoms with E-state index in [2.05, 4.69) is 5.10 Å². The summed E-state index contributed by atoms with van der Waals surface area (Å²) < 4.78 is 11.6. The molecule has 0 N–H and O–H groups in total. The van der Waals surface area contributed by atoms with Crippen molar-refractivity contribution in [1.29, 1.82) is 0 Å². The molecule has 1 aromatic heterocycles. The van der Waals surface area contributed by atoms with Crippen molar-refractivity contribution >= 4 is 5.97 Å². The summed E-state index contributed by atoms with van der Waals surface area (Å²) in [6, 6.07) is 0. The molecular weight excluding hydrogens is 196 g/mol. The molecule has 0 aliphatic heterocycles. The Hall–Kier alpha value is -1.36. The third kappa shape index (κ3) is 3.36. The monoisotopic (exact) mass is 212 g/mol. The van der Waals surface area contributed by atoms with Gasteiger partial charge in [-0.05, 0) is 13.8 Å². The highest BCUT2D eigenvalue weighted by Crippen LogP contribution is 2.02. The molecular formula is C10H16N2O3. The van der Waals surface area contributed by atoms with E-state index in [0.717, 1.165) is 0 Å². The van der Waals surface area contributed by atoms with Gasteiger partial charge >= 0.3 is 5.97 Å². The van der Waals surface area contributed by atoms with Gasteiger partial charge in [-0.3, -0.25) is 4.68 Å². The van der Waals surface area contributed by atoms with E-state index in [1.54, 1.807) is 24.9 Å². The third-order valence-electron chi connectivity index (χ3n) is 1.99. The largest absolute Gasteiger partial charge is 0.462 e.